The number of allylic oxidation sites excluding steroid dienone is 4. The Hall–Kier alpha value is -9.24. The molecular formula is C71H49NO. The SMILES string of the molecule is C1=CCC(c2ccc(N(c3ccc(-c4cccc(-c5cccc6ccccc56)c4)cc3)c3cccc(-c4ccc5c(c4)C(c4ccccc4)(c4ccccc4)c4ccccc4-5)c3)c3c2oc2ccccc23)C=C1. The first-order valence-corrected chi connectivity index (χ1v) is 25.4. The molecule has 0 N–H and O–H groups in total. The summed E-state index contributed by atoms with van der Waals surface area (Å²) in [6.45, 7) is 0. The summed E-state index contributed by atoms with van der Waals surface area (Å²) in [5.74, 6) is 0.215. The molecule has 0 saturated carbocycles. The summed E-state index contributed by atoms with van der Waals surface area (Å²) >= 11 is 0. The number of nitrogens with zero attached hydrogens (tertiary/aromatic N) is 1. The fourth-order valence-corrected chi connectivity index (χ4v) is 12.1. The number of hydrogen-bond donors (Lipinski definition) is 0. The third-order valence-electron chi connectivity index (χ3n) is 15.5. The lowest BCUT2D eigenvalue weighted by atomic mass is 9.67. The van der Waals surface area contributed by atoms with Gasteiger partial charge in [-0.25, -0.2) is 0 Å². The Morgan fingerprint density at radius 3 is 1.85 bits per heavy atom. The van der Waals surface area contributed by atoms with E-state index in [-0.39, 0.29) is 5.92 Å². The minimum atomic E-state index is -0.497. The maximum atomic E-state index is 6.92. The van der Waals surface area contributed by atoms with E-state index in [1.807, 2.05) is 0 Å². The highest BCUT2D eigenvalue weighted by atomic mass is 16.3. The number of para-hydroxylation sites is 1. The third kappa shape index (κ3) is 7.01. The van der Waals surface area contributed by atoms with Crippen LogP contribution in [0.25, 0.3) is 77.2 Å². The molecule has 0 aliphatic heterocycles. The molecule has 0 bridgehead atoms. The molecule has 2 nitrogen and oxygen atoms in total. The predicted molar refractivity (Wildman–Crippen MR) is 305 cm³/mol. The molecule has 1 heterocycles. The smallest absolute Gasteiger partial charge is 0.141 e. The van der Waals surface area contributed by atoms with E-state index in [9.17, 15) is 0 Å². The van der Waals surface area contributed by atoms with E-state index in [0.29, 0.717) is 0 Å². The quantitative estimate of drug-likeness (QED) is 0.143. The summed E-state index contributed by atoms with van der Waals surface area (Å²) in [5.41, 5.74) is 20.4. The van der Waals surface area contributed by atoms with Gasteiger partial charge in [-0.05, 0) is 132 Å². The van der Waals surface area contributed by atoms with Crippen LogP contribution < -0.4 is 4.90 Å². The molecule has 2 aliphatic rings. The fraction of sp³-hybridized carbons (Fsp3) is 0.0423. The van der Waals surface area contributed by atoms with Crippen LogP contribution >= 0.6 is 0 Å². The highest BCUT2D eigenvalue weighted by Crippen LogP contribution is 2.57. The van der Waals surface area contributed by atoms with Crippen LogP contribution in [0.3, 0.4) is 0 Å². The van der Waals surface area contributed by atoms with Crippen LogP contribution in [0.1, 0.15) is 40.2 Å². The van der Waals surface area contributed by atoms with Crippen molar-refractivity contribution in [1.29, 1.82) is 0 Å². The second-order valence-corrected chi connectivity index (χ2v) is 19.5. The van der Waals surface area contributed by atoms with E-state index in [1.165, 1.54) is 66.4 Å². The summed E-state index contributed by atoms with van der Waals surface area (Å²) < 4.78 is 6.92. The van der Waals surface area contributed by atoms with Gasteiger partial charge < -0.3 is 9.32 Å². The lowest BCUT2D eigenvalue weighted by Crippen LogP contribution is -2.28. The van der Waals surface area contributed by atoms with Gasteiger partial charge in [0.25, 0.3) is 0 Å². The van der Waals surface area contributed by atoms with E-state index < -0.39 is 5.41 Å². The van der Waals surface area contributed by atoms with Crippen molar-refractivity contribution < 1.29 is 4.42 Å². The highest BCUT2D eigenvalue weighted by molar-refractivity contribution is 6.14. The average molecular weight is 932 g/mol. The topological polar surface area (TPSA) is 16.4 Å². The van der Waals surface area contributed by atoms with Crippen LogP contribution in [0.15, 0.2) is 284 Å². The van der Waals surface area contributed by atoms with Crippen molar-refractivity contribution in [2.75, 3.05) is 4.90 Å². The van der Waals surface area contributed by atoms with Crippen LogP contribution in [-0.2, 0) is 5.41 Å². The largest absolute Gasteiger partial charge is 0.456 e. The Labute approximate surface area is 426 Å². The molecule has 14 rings (SSSR count). The van der Waals surface area contributed by atoms with E-state index in [0.717, 1.165) is 62.1 Å². The van der Waals surface area contributed by atoms with Gasteiger partial charge in [-0.15, -0.1) is 0 Å². The van der Waals surface area contributed by atoms with Crippen LogP contribution in [0.4, 0.5) is 17.1 Å². The van der Waals surface area contributed by atoms with Crippen molar-refractivity contribution in [1.82, 2.24) is 0 Å². The van der Waals surface area contributed by atoms with Gasteiger partial charge in [0.15, 0.2) is 0 Å². The van der Waals surface area contributed by atoms with Crippen molar-refractivity contribution in [3.05, 3.63) is 307 Å². The van der Waals surface area contributed by atoms with E-state index in [2.05, 4.69) is 284 Å². The van der Waals surface area contributed by atoms with Gasteiger partial charge in [-0.2, -0.15) is 0 Å². The molecule has 1 unspecified atom stereocenters. The molecule has 1 aromatic heterocycles. The molecule has 1 atom stereocenters. The zero-order valence-electron chi connectivity index (χ0n) is 40.2. The lowest BCUT2D eigenvalue weighted by Gasteiger charge is -2.34. The standard InChI is InChI=1S/C71H49NO/c1-4-19-50(20-5-1)61-43-44-67(69-64-33-13-15-36-68(64)73-70(61)69)72(57-40-37-48(38-41-57)51-23-16-25-54(45-51)60-34-18-22-49-21-10-11-31-59(49)60)58-30-17-24-52(46-58)53-39-42-63-62-32-12-14-35-65(62)71(66(63)47-53,55-26-6-2-7-27-55)56-28-8-3-9-29-56/h1-19,21-47,50H,20H2. The minimum Gasteiger partial charge on any atom is -0.456 e. The molecule has 73 heavy (non-hydrogen) atoms. The molecule has 12 aromatic rings. The van der Waals surface area contributed by atoms with Gasteiger partial charge in [-0.1, -0.05) is 231 Å². The molecule has 11 aromatic carbocycles. The Morgan fingerprint density at radius 2 is 1.04 bits per heavy atom. The summed E-state index contributed by atoms with van der Waals surface area (Å²) in [6.07, 6.45) is 9.79. The van der Waals surface area contributed by atoms with Gasteiger partial charge >= 0.3 is 0 Å². The number of benzene rings is 11. The van der Waals surface area contributed by atoms with Crippen molar-refractivity contribution >= 4 is 49.8 Å². The number of furan rings is 1. The fourth-order valence-electron chi connectivity index (χ4n) is 12.1. The van der Waals surface area contributed by atoms with Crippen LogP contribution in [0.5, 0.6) is 0 Å². The normalized spacial score (nSPS) is 14.4. The second kappa shape index (κ2) is 17.6. The van der Waals surface area contributed by atoms with Crippen molar-refractivity contribution in [3.63, 3.8) is 0 Å². The van der Waals surface area contributed by atoms with Crippen LogP contribution in [0.2, 0.25) is 0 Å². The molecule has 0 fully saturated rings. The van der Waals surface area contributed by atoms with Gasteiger partial charge in [0, 0.05) is 28.2 Å². The average Bonchev–Trinajstić information content (AvgIpc) is 4.03. The third-order valence-corrected chi connectivity index (χ3v) is 15.5. The minimum absolute atomic E-state index is 0.215. The summed E-state index contributed by atoms with van der Waals surface area (Å²) in [4.78, 5) is 2.44. The van der Waals surface area contributed by atoms with Crippen molar-refractivity contribution in [2.24, 2.45) is 0 Å². The Bertz CT molecular complexity index is 4080. The van der Waals surface area contributed by atoms with Gasteiger partial charge in [0.1, 0.15) is 11.2 Å². The molecule has 2 heteroatoms. The van der Waals surface area contributed by atoms with Gasteiger partial charge in [0.2, 0.25) is 0 Å². The maximum absolute atomic E-state index is 6.92. The first-order chi connectivity index (χ1) is 36.2. The molecular weight excluding hydrogens is 883 g/mol. The Balaban J connectivity index is 0.938. The molecule has 344 valence electrons. The summed E-state index contributed by atoms with van der Waals surface area (Å²) in [5, 5.41) is 4.71. The molecule has 0 saturated heterocycles. The first kappa shape index (κ1) is 42.6. The Kier molecular flexibility index (Phi) is 10.3. The predicted octanol–water partition coefficient (Wildman–Crippen LogP) is 19.2. The van der Waals surface area contributed by atoms with Crippen LogP contribution in [0, 0.1) is 0 Å². The zero-order valence-corrected chi connectivity index (χ0v) is 40.2. The number of anilines is 3. The maximum Gasteiger partial charge on any atom is 0.141 e. The van der Waals surface area contributed by atoms with E-state index in [4.69, 9.17) is 4.42 Å². The monoisotopic (exact) mass is 931 g/mol. The Morgan fingerprint density at radius 1 is 0.411 bits per heavy atom. The molecule has 2 aliphatic carbocycles. The second-order valence-electron chi connectivity index (χ2n) is 19.5. The van der Waals surface area contributed by atoms with E-state index >= 15 is 0 Å². The van der Waals surface area contributed by atoms with Crippen molar-refractivity contribution in [2.45, 2.75) is 17.8 Å². The number of fused-ring (bicyclic) bond motifs is 7. The summed E-state index contributed by atoms with van der Waals surface area (Å²) in [7, 11) is 0. The molecule has 0 radical (unpaired) electrons. The lowest BCUT2D eigenvalue weighted by molar-refractivity contribution is 0.657. The van der Waals surface area contributed by atoms with Gasteiger partial charge in [-0.3, -0.25) is 0 Å². The summed E-state index contributed by atoms with van der Waals surface area (Å²) in [6, 6.07) is 93.7. The zero-order chi connectivity index (χ0) is 48.3. The van der Waals surface area contributed by atoms with E-state index in [1.54, 1.807) is 0 Å². The molecule has 0 amide bonds. The first-order valence-electron chi connectivity index (χ1n) is 25.4. The van der Waals surface area contributed by atoms with Gasteiger partial charge in [0.05, 0.1) is 16.5 Å². The van der Waals surface area contributed by atoms with Crippen molar-refractivity contribution in [3.8, 4) is 44.5 Å². The number of rotatable bonds is 9. The molecule has 0 spiro atoms. The number of hydrogen-bond acceptors (Lipinski definition) is 2. The van der Waals surface area contributed by atoms with Crippen LogP contribution in [-0.4, -0.2) is 0 Å². The highest BCUT2D eigenvalue weighted by Gasteiger charge is 2.46.